The maximum atomic E-state index is 13.6. The first-order valence-corrected chi connectivity index (χ1v) is 6.57. The highest BCUT2D eigenvalue weighted by Crippen LogP contribution is 2.13. The number of hydrogen-bond donors (Lipinski definition) is 1. The predicted molar refractivity (Wildman–Crippen MR) is 76.1 cm³/mol. The van der Waals surface area contributed by atoms with Crippen LogP contribution >= 0.6 is 0 Å². The van der Waals surface area contributed by atoms with Crippen LogP contribution in [0.4, 0.5) is 4.39 Å². The molecule has 1 aromatic carbocycles. The van der Waals surface area contributed by atoms with Gasteiger partial charge in [-0.2, -0.15) is 5.26 Å². The highest BCUT2D eigenvalue weighted by molar-refractivity contribution is 5.38. The van der Waals surface area contributed by atoms with Gasteiger partial charge in [-0.25, -0.2) is 4.39 Å². The lowest BCUT2D eigenvalue weighted by Crippen LogP contribution is -2.31. The molecule has 0 heterocycles. The van der Waals surface area contributed by atoms with Crippen molar-refractivity contribution in [3.05, 3.63) is 35.1 Å². The van der Waals surface area contributed by atoms with Gasteiger partial charge in [0.15, 0.2) is 0 Å². The molecule has 1 aromatic rings. The number of hydrogen-bond acceptors (Lipinski definition) is 3. The third-order valence-electron chi connectivity index (χ3n) is 2.96. The largest absolute Gasteiger partial charge is 0.384 e. The summed E-state index contributed by atoms with van der Waals surface area (Å²) in [5, 5.41) is 17.3. The van der Waals surface area contributed by atoms with Crippen LogP contribution in [0.2, 0.25) is 0 Å². The van der Waals surface area contributed by atoms with Crippen molar-refractivity contribution in [2.75, 3.05) is 13.2 Å². The number of nitrogens with zero attached hydrogens (tertiary/aromatic N) is 2. The first-order valence-electron chi connectivity index (χ1n) is 6.57. The van der Waals surface area contributed by atoms with Crippen LogP contribution in [0.5, 0.6) is 0 Å². The predicted octanol–water partition coefficient (Wildman–Crippen LogP) is 2.29. The summed E-state index contributed by atoms with van der Waals surface area (Å²) in [6.45, 7) is 5.17. The van der Waals surface area contributed by atoms with E-state index in [0.717, 1.165) is 5.56 Å². The van der Waals surface area contributed by atoms with Gasteiger partial charge >= 0.3 is 0 Å². The molecule has 0 aliphatic heterocycles. The molecule has 0 spiro atoms. The maximum absolute atomic E-state index is 13.6. The zero-order valence-corrected chi connectivity index (χ0v) is 11.9. The Hall–Kier alpha value is -1.88. The lowest BCUT2D eigenvalue weighted by Gasteiger charge is -2.25. The molecule has 0 amide bonds. The zero-order chi connectivity index (χ0) is 15.0. The van der Waals surface area contributed by atoms with Crippen molar-refractivity contribution in [1.82, 2.24) is 4.90 Å². The molecule has 106 valence electrons. The van der Waals surface area contributed by atoms with Crippen LogP contribution in [0.3, 0.4) is 0 Å². The third-order valence-corrected chi connectivity index (χ3v) is 2.96. The van der Waals surface area contributed by atoms with Crippen LogP contribution in [0.15, 0.2) is 18.2 Å². The molecule has 3 nitrogen and oxygen atoms in total. The fraction of sp³-hybridized carbons (Fsp3) is 0.438. The Labute approximate surface area is 119 Å². The molecular weight excluding hydrogens is 255 g/mol. The van der Waals surface area contributed by atoms with E-state index < -0.39 is 0 Å². The Morgan fingerprint density at radius 2 is 2.15 bits per heavy atom. The van der Waals surface area contributed by atoms with Crippen LogP contribution < -0.4 is 0 Å². The molecule has 0 aromatic heterocycles. The molecule has 0 atom stereocenters. The Morgan fingerprint density at radius 1 is 1.40 bits per heavy atom. The van der Waals surface area contributed by atoms with Crippen LogP contribution in [-0.4, -0.2) is 29.2 Å². The van der Waals surface area contributed by atoms with E-state index in [0.29, 0.717) is 31.1 Å². The summed E-state index contributed by atoms with van der Waals surface area (Å²) < 4.78 is 13.6. The van der Waals surface area contributed by atoms with Gasteiger partial charge in [0.05, 0.1) is 11.6 Å². The zero-order valence-electron chi connectivity index (χ0n) is 11.9. The second kappa shape index (κ2) is 8.32. The molecule has 1 rings (SSSR count). The molecule has 0 radical (unpaired) electrons. The van der Waals surface area contributed by atoms with E-state index >= 15 is 0 Å². The van der Waals surface area contributed by atoms with Crippen LogP contribution in [0.1, 0.15) is 31.4 Å². The van der Waals surface area contributed by atoms with Gasteiger partial charge in [-0.3, -0.25) is 4.90 Å². The van der Waals surface area contributed by atoms with Crippen LogP contribution in [-0.2, 0) is 6.54 Å². The molecule has 1 N–H and O–H groups in total. The lowest BCUT2D eigenvalue weighted by atomic mass is 10.1. The first-order chi connectivity index (χ1) is 9.58. The van der Waals surface area contributed by atoms with Crippen molar-refractivity contribution >= 4 is 0 Å². The number of halogens is 1. The fourth-order valence-corrected chi connectivity index (χ4v) is 1.85. The minimum atomic E-state index is -0.386. The van der Waals surface area contributed by atoms with Gasteiger partial charge in [0.2, 0.25) is 0 Å². The second-order valence-electron chi connectivity index (χ2n) is 4.75. The number of benzene rings is 1. The van der Waals surface area contributed by atoms with E-state index in [2.05, 4.69) is 36.7 Å². The summed E-state index contributed by atoms with van der Waals surface area (Å²) in [5.74, 6) is 4.67. The van der Waals surface area contributed by atoms with Crippen LogP contribution in [0, 0.1) is 29.0 Å². The minimum absolute atomic E-state index is 0.288. The number of aliphatic hydroxyl groups excluding tert-OH is 1. The second-order valence-corrected chi connectivity index (χ2v) is 4.75. The normalized spacial score (nSPS) is 10.2. The van der Waals surface area contributed by atoms with Crippen molar-refractivity contribution in [2.45, 2.75) is 32.9 Å². The number of nitriles is 1. The maximum Gasteiger partial charge on any atom is 0.138 e. The monoisotopic (exact) mass is 274 g/mol. The topological polar surface area (TPSA) is 47.3 Å². The molecule has 0 saturated heterocycles. The van der Waals surface area contributed by atoms with Gasteiger partial charge < -0.3 is 5.11 Å². The fourth-order valence-electron chi connectivity index (χ4n) is 1.85. The molecule has 0 fully saturated rings. The minimum Gasteiger partial charge on any atom is -0.384 e. The van der Waals surface area contributed by atoms with Gasteiger partial charge in [-0.15, -0.1) is 0 Å². The molecule has 0 aliphatic rings. The van der Waals surface area contributed by atoms with E-state index in [1.807, 2.05) is 0 Å². The van der Waals surface area contributed by atoms with Crippen molar-refractivity contribution in [3.63, 3.8) is 0 Å². The highest BCUT2D eigenvalue weighted by atomic mass is 19.1. The summed E-state index contributed by atoms with van der Waals surface area (Å²) in [6.07, 6.45) is 0.469. The van der Waals surface area contributed by atoms with Gasteiger partial charge in [-0.1, -0.05) is 17.9 Å². The highest BCUT2D eigenvalue weighted by Gasteiger charge is 2.11. The van der Waals surface area contributed by atoms with Crippen molar-refractivity contribution < 1.29 is 9.50 Å². The van der Waals surface area contributed by atoms with Gasteiger partial charge in [0.1, 0.15) is 12.4 Å². The average molecular weight is 274 g/mol. The van der Waals surface area contributed by atoms with Crippen molar-refractivity contribution in [2.24, 2.45) is 0 Å². The molecule has 4 heteroatoms. The molecule has 0 aliphatic carbocycles. The summed E-state index contributed by atoms with van der Waals surface area (Å²) in [4.78, 5) is 2.15. The van der Waals surface area contributed by atoms with E-state index in [4.69, 9.17) is 10.4 Å². The molecule has 0 unspecified atom stereocenters. The first kappa shape index (κ1) is 16.2. The van der Waals surface area contributed by atoms with Crippen LogP contribution in [0.25, 0.3) is 0 Å². The average Bonchev–Trinajstić information content (AvgIpc) is 2.43. The quantitative estimate of drug-likeness (QED) is 0.838. The molecule has 0 saturated carbocycles. The Morgan fingerprint density at radius 3 is 2.75 bits per heavy atom. The van der Waals surface area contributed by atoms with Crippen molar-refractivity contribution in [3.8, 4) is 17.9 Å². The molecule has 20 heavy (non-hydrogen) atoms. The van der Waals surface area contributed by atoms with Gasteiger partial charge in [-0.05, 0) is 31.5 Å². The Kier molecular flexibility index (Phi) is 6.73. The summed E-state index contributed by atoms with van der Waals surface area (Å²) in [5.41, 5.74) is 1.24. The van der Waals surface area contributed by atoms with E-state index in [1.165, 1.54) is 6.07 Å². The number of aliphatic hydroxyl groups is 1. The lowest BCUT2D eigenvalue weighted by molar-refractivity contribution is 0.218. The van der Waals surface area contributed by atoms with Crippen molar-refractivity contribution in [1.29, 1.82) is 5.26 Å². The van der Waals surface area contributed by atoms with E-state index in [-0.39, 0.29) is 12.4 Å². The summed E-state index contributed by atoms with van der Waals surface area (Å²) in [6, 6.07) is 7.25. The third kappa shape index (κ3) is 5.01. The molecular formula is C16H19FN2O. The standard InChI is InChI=1S/C16H19FN2O/c1-13(2)19(9-4-8-18)12-14-6-7-16(17)15(11-14)5-3-10-20/h6-7,11,13,20H,4,9-10,12H2,1-2H3. The smallest absolute Gasteiger partial charge is 0.138 e. The number of rotatable bonds is 5. The SMILES string of the molecule is CC(C)N(CCC#N)Cc1ccc(F)c(C#CCO)c1. The van der Waals surface area contributed by atoms with E-state index in [9.17, 15) is 4.39 Å². The molecule has 0 bridgehead atoms. The summed E-state index contributed by atoms with van der Waals surface area (Å²) >= 11 is 0. The Balaban J connectivity index is 2.88. The van der Waals surface area contributed by atoms with Gasteiger partial charge in [0.25, 0.3) is 0 Å². The van der Waals surface area contributed by atoms with E-state index in [1.54, 1.807) is 12.1 Å². The van der Waals surface area contributed by atoms with Gasteiger partial charge in [0, 0.05) is 25.6 Å². The summed E-state index contributed by atoms with van der Waals surface area (Å²) in [7, 11) is 0. The Bertz CT molecular complexity index is 538.